The van der Waals surface area contributed by atoms with Gasteiger partial charge in [0, 0.05) is 12.1 Å². The van der Waals surface area contributed by atoms with Crippen LogP contribution < -0.4 is 5.32 Å². The van der Waals surface area contributed by atoms with Gasteiger partial charge in [-0.25, -0.2) is 4.68 Å². The van der Waals surface area contributed by atoms with Crippen LogP contribution in [0.15, 0.2) is 5.16 Å². The summed E-state index contributed by atoms with van der Waals surface area (Å²) in [4.78, 5) is 11.6. The Bertz CT molecular complexity index is 430. The van der Waals surface area contributed by atoms with Gasteiger partial charge in [0.15, 0.2) is 0 Å². The molecule has 0 aliphatic carbocycles. The maximum atomic E-state index is 11.6. The Kier molecular flexibility index (Phi) is 6.41. The average molecular weight is 301 g/mol. The fourth-order valence-electron chi connectivity index (χ4n) is 1.42. The van der Waals surface area contributed by atoms with Gasteiger partial charge in [-0.1, -0.05) is 11.8 Å². The normalized spacial score (nSPS) is 13.2. The maximum Gasteiger partial charge on any atom is 0.319 e. The molecule has 0 saturated carbocycles. The molecule has 0 aromatic carbocycles. The van der Waals surface area contributed by atoms with Crippen LogP contribution in [0.5, 0.6) is 0 Å². The van der Waals surface area contributed by atoms with Crippen molar-refractivity contribution in [3.8, 4) is 0 Å². The fraction of sp³-hybridized carbons (Fsp3) is 0.833. The molecule has 1 atom stereocenters. The zero-order valence-electron chi connectivity index (χ0n) is 12.7. The topological polar surface area (TPSA) is 81.9 Å². The molecule has 1 aromatic heterocycles. The minimum Gasteiger partial charge on any atom is -0.465 e. The highest BCUT2D eigenvalue weighted by atomic mass is 32.2. The van der Waals surface area contributed by atoms with E-state index in [0.29, 0.717) is 18.3 Å². The van der Waals surface area contributed by atoms with E-state index in [-0.39, 0.29) is 16.8 Å². The molecule has 0 spiro atoms. The first-order valence-electron chi connectivity index (χ1n) is 6.68. The third-order valence-electron chi connectivity index (χ3n) is 2.38. The number of tetrazole rings is 1. The second kappa shape index (κ2) is 7.58. The van der Waals surface area contributed by atoms with Crippen molar-refractivity contribution in [2.75, 3.05) is 13.2 Å². The number of hydrogen-bond donors (Lipinski definition) is 1. The Morgan fingerprint density at radius 3 is 2.80 bits per heavy atom. The van der Waals surface area contributed by atoms with Crippen LogP contribution in [0.4, 0.5) is 0 Å². The van der Waals surface area contributed by atoms with E-state index in [1.807, 2.05) is 0 Å². The van der Waals surface area contributed by atoms with Gasteiger partial charge in [-0.3, -0.25) is 4.79 Å². The van der Waals surface area contributed by atoms with Crippen molar-refractivity contribution in [1.29, 1.82) is 0 Å². The second-order valence-corrected chi connectivity index (χ2v) is 6.68. The fourth-order valence-corrected chi connectivity index (χ4v) is 2.24. The van der Waals surface area contributed by atoms with Gasteiger partial charge in [0.25, 0.3) is 0 Å². The summed E-state index contributed by atoms with van der Waals surface area (Å²) in [6.07, 6.45) is 0. The van der Waals surface area contributed by atoms with E-state index >= 15 is 0 Å². The van der Waals surface area contributed by atoms with E-state index in [0.717, 1.165) is 6.54 Å². The number of esters is 1. The van der Waals surface area contributed by atoms with E-state index in [1.165, 1.54) is 11.8 Å². The lowest BCUT2D eigenvalue weighted by Gasteiger charge is -2.20. The molecule has 114 valence electrons. The smallest absolute Gasteiger partial charge is 0.319 e. The highest BCUT2D eigenvalue weighted by Gasteiger charge is 2.19. The summed E-state index contributed by atoms with van der Waals surface area (Å²) >= 11 is 1.31. The molecule has 8 heteroatoms. The van der Waals surface area contributed by atoms with Gasteiger partial charge in [-0.05, 0) is 45.0 Å². The highest BCUT2D eigenvalue weighted by molar-refractivity contribution is 8.00. The summed E-state index contributed by atoms with van der Waals surface area (Å²) in [5.74, 6) is -0.250. The van der Waals surface area contributed by atoms with Crippen LogP contribution in [-0.2, 0) is 16.1 Å². The van der Waals surface area contributed by atoms with Crippen molar-refractivity contribution >= 4 is 17.7 Å². The predicted octanol–water partition coefficient (Wildman–Crippen LogP) is 1.10. The molecule has 0 amide bonds. The monoisotopic (exact) mass is 301 g/mol. The largest absolute Gasteiger partial charge is 0.465 e. The van der Waals surface area contributed by atoms with Gasteiger partial charge in [-0.2, -0.15) is 0 Å². The molecule has 1 aromatic rings. The SMILES string of the molecule is CCOC(=O)C(C)Sc1nnnn1CCNC(C)(C)C. The Labute approximate surface area is 123 Å². The number of nitrogens with one attached hydrogen (secondary N) is 1. The van der Waals surface area contributed by atoms with Gasteiger partial charge in [-0.15, -0.1) is 5.10 Å². The number of carbonyl (C=O) groups excluding carboxylic acids is 1. The van der Waals surface area contributed by atoms with E-state index in [1.54, 1.807) is 18.5 Å². The molecule has 0 saturated heterocycles. The summed E-state index contributed by atoms with van der Waals surface area (Å²) in [6.45, 7) is 11.7. The summed E-state index contributed by atoms with van der Waals surface area (Å²) in [5.41, 5.74) is 0.0551. The van der Waals surface area contributed by atoms with E-state index in [9.17, 15) is 4.79 Å². The molecule has 7 nitrogen and oxygen atoms in total. The van der Waals surface area contributed by atoms with Crippen LogP contribution in [0, 0.1) is 0 Å². The third-order valence-corrected chi connectivity index (χ3v) is 3.43. The van der Waals surface area contributed by atoms with Crippen molar-refractivity contribution in [3.63, 3.8) is 0 Å². The molecule has 0 bridgehead atoms. The van der Waals surface area contributed by atoms with Crippen molar-refractivity contribution in [2.45, 2.75) is 57.1 Å². The molecule has 0 radical (unpaired) electrons. The van der Waals surface area contributed by atoms with Gasteiger partial charge in [0.2, 0.25) is 5.16 Å². The highest BCUT2D eigenvalue weighted by Crippen LogP contribution is 2.20. The van der Waals surface area contributed by atoms with Gasteiger partial charge >= 0.3 is 5.97 Å². The Hall–Kier alpha value is -1.15. The van der Waals surface area contributed by atoms with Crippen LogP contribution in [-0.4, -0.2) is 50.1 Å². The van der Waals surface area contributed by atoms with Crippen LogP contribution in [0.2, 0.25) is 0 Å². The number of nitrogens with zero attached hydrogens (tertiary/aromatic N) is 4. The van der Waals surface area contributed by atoms with Gasteiger partial charge in [0.05, 0.1) is 13.2 Å². The molecular weight excluding hydrogens is 278 g/mol. The lowest BCUT2D eigenvalue weighted by Crippen LogP contribution is -2.38. The predicted molar refractivity (Wildman–Crippen MR) is 77.5 cm³/mol. The van der Waals surface area contributed by atoms with Gasteiger partial charge in [0.1, 0.15) is 5.25 Å². The molecule has 1 heterocycles. The molecule has 0 aliphatic rings. The first-order chi connectivity index (χ1) is 9.33. The number of thioether (sulfide) groups is 1. The lowest BCUT2D eigenvalue weighted by molar-refractivity contribution is -0.142. The first kappa shape index (κ1) is 16.9. The van der Waals surface area contributed by atoms with Crippen molar-refractivity contribution in [3.05, 3.63) is 0 Å². The van der Waals surface area contributed by atoms with Crippen molar-refractivity contribution in [1.82, 2.24) is 25.5 Å². The number of aromatic nitrogens is 4. The summed E-state index contributed by atoms with van der Waals surface area (Å²) in [7, 11) is 0. The molecule has 1 unspecified atom stereocenters. The van der Waals surface area contributed by atoms with Crippen LogP contribution >= 0.6 is 11.8 Å². The Morgan fingerprint density at radius 1 is 1.50 bits per heavy atom. The number of ether oxygens (including phenoxy) is 1. The van der Waals surface area contributed by atoms with Crippen LogP contribution in [0.1, 0.15) is 34.6 Å². The molecule has 1 rings (SSSR count). The van der Waals surface area contributed by atoms with Crippen LogP contribution in [0.3, 0.4) is 0 Å². The van der Waals surface area contributed by atoms with E-state index < -0.39 is 0 Å². The standard InChI is InChI=1S/C12H23N5O2S/c1-6-19-10(18)9(2)20-11-14-15-16-17(11)8-7-13-12(3,4)5/h9,13H,6-8H2,1-5H3. The number of carbonyl (C=O) groups is 1. The zero-order chi connectivity index (χ0) is 15.2. The number of hydrogen-bond acceptors (Lipinski definition) is 7. The second-order valence-electron chi connectivity index (χ2n) is 5.37. The molecule has 1 N–H and O–H groups in total. The molecule has 0 fully saturated rings. The molecular formula is C12H23N5O2S. The minimum absolute atomic E-state index is 0.0551. The minimum atomic E-state index is -0.324. The first-order valence-corrected chi connectivity index (χ1v) is 7.56. The molecule has 0 aliphatic heterocycles. The summed E-state index contributed by atoms with van der Waals surface area (Å²) < 4.78 is 6.66. The van der Waals surface area contributed by atoms with Crippen molar-refractivity contribution < 1.29 is 9.53 Å². The van der Waals surface area contributed by atoms with E-state index in [4.69, 9.17) is 4.74 Å². The average Bonchev–Trinajstić information content (AvgIpc) is 2.75. The summed E-state index contributed by atoms with van der Waals surface area (Å²) in [5, 5.41) is 15.2. The van der Waals surface area contributed by atoms with Crippen LogP contribution in [0.25, 0.3) is 0 Å². The molecule has 20 heavy (non-hydrogen) atoms. The summed E-state index contributed by atoms with van der Waals surface area (Å²) in [6, 6.07) is 0. The number of rotatable bonds is 7. The quantitative estimate of drug-likeness (QED) is 0.596. The third kappa shape index (κ3) is 5.87. The lowest BCUT2D eigenvalue weighted by atomic mass is 10.1. The van der Waals surface area contributed by atoms with Gasteiger partial charge < -0.3 is 10.1 Å². The maximum absolute atomic E-state index is 11.6. The Balaban J connectivity index is 2.52. The zero-order valence-corrected chi connectivity index (χ0v) is 13.5. The Morgan fingerprint density at radius 2 is 2.20 bits per heavy atom. The van der Waals surface area contributed by atoms with E-state index in [2.05, 4.69) is 41.6 Å². The van der Waals surface area contributed by atoms with Crippen molar-refractivity contribution in [2.24, 2.45) is 0 Å².